The molecule has 0 aliphatic carbocycles. The first-order chi connectivity index (χ1) is 13.2. The second-order valence-corrected chi connectivity index (χ2v) is 7.27. The van der Waals surface area contributed by atoms with Crippen molar-refractivity contribution in [1.29, 1.82) is 0 Å². The topological polar surface area (TPSA) is 63.1 Å². The van der Waals surface area contributed by atoms with Crippen molar-refractivity contribution in [3.63, 3.8) is 0 Å². The molecule has 0 radical (unpaired) electrons. The third kappa shape index (κ3) is 6.15. The monoisotopic (exact) mass is 502 g/mol. The van der Waals surface area contributed by atoms with E-state index in [1.807, 2.05) is 13.1 Å². The SMILES string of the molecule is CCN1CCN(C(C)CNC(=NC)N2CCN(c3ncccn3)CC2)CC1.I. The minimum Gasteiger partial charge on any atom is -0.355 e. The van der Waals surface area contributed by atoms with Gasteiger partial charge in [-0.05, 0) is 19.5 Å². The number of aliphatic imine (C=N–C) groups is 1. The molecule has 1 aromatic heterocycles. The highest BCUT2D eigenvalue weighted by molar-refractivity contribution is 14.0. The van der Waals surface area contributed by atoms with Crippen molar-refractivity contribution < 1.29 is 0 Å². The highest BCUT2D eigenvalue weighted by Gasteiger charge is 2.23. The van der Waals surface area contributed by atoms with E-state index >= 15 is 0 Å². The molecule has 1 aromatic rings. The van der Waals surface area contributed by atoms with Gasteiger partial charge in [-0.15, -0.1) is 24.0 Å². The molecule has 3 rings (SSSR count). The van der Waals surface area contributed by atoms with Crippen molar-refractivity contribution in [3.8, 4) is 0 Å². The van der Waals surface area contributed by atoms with E-state index in [1.165, 1.54) is 13.1 Å². The van der Waals surface area contributed by atoms with Gasteiger partial charge in [-0.3, -0.25) is 9.89 Å². The van der Waals surface area contributed by atoms with Crippen LogP contribution in [0.25, 0.3) is 0 Å². The van der Waals surface area contributed by atoms with Crippen molar-refractivity contribution in [2.75, 3.05) is 77.4 Å². The summed E-state index contributed by atoms with van der Waals surface area (Å²) in [6, 6.07) is 2.37. The van der Waals surface area contributed by atoms with Gasteiger partial charge in [-0.1, -0.05) is 6.92 Å². The summed E-state index contributed by atoms with van der Waals surface area (Å²) in [6.45, 7) is 15.0. The Kier molecular flexibility index (Phi) is 9.66. The maximum atomic E-state index is 4.51. The number of aromatic nitrogens is 2. The fraction of sp³-hybridized carbons (Fsp3) is 0.737. The molecule has 28 heavy (non-hydrogen) atoms. The molecule has 0 saturated carbocycles. The molecule has 9 heteroatoms. The van der Waals surface area contributed by atoms with Crippen LogP contribution in [0.3, 0.4) is 0 Å². The standard InChI is InChI=1S/C19H34N8.HI/c1-4-24-8-10-25(11-9-24)17(2)16-23-18(20-3)26-12-14-27(15-13-26)19-21-6-5-7-22-19;/h5-7,17H,4,8-16H2,1-3H3,(H,20,23);1H. The summed E-state index contributed by atoms with van der Waals surface area (Å²) >= 11 is 0. The average Bonchev–Trinajstić information content (AvgIpc) is 2.75. The van der Waals surface area contributed by atoms with Crippen LogP contribution in [0.15, 0.2) is 23.5 Å². The van der Waals surface area contributed by atoms with Crippen molar-refractivity contribution in [2.24, 2.45) is 4.99 Å². The Balaban J connectivity index is 0.00000280. The molecule has 2 aliphatic rings. The maximum absolute atomic E-state index is 4.51. The van der Waals surface area contributed by atoms with E-state index in [0.29, 0.717) is 6.04 Å². The molecule has 0 spiro atoms. The van der Waals surface area contributed by atoms with E-state index in [9.17, 15) is 0 Å². The van der Waals surface area contributed by atoms with Gasteiger partial charge >= 0.3 is 0 Å². The molecule has 1 N–H and O–H groups in total. The minimum absolute atomic E-state index is 0. The maximum Gasteiger partial charge on any atom is 0.225 e. The van der Waals surface area contributed by atoms with Crippen LogP contribution in [0.4, 0.5) is 5.95 Å². The fourth-order valence-corrected chi connectivity index (χ4v) is 3.79. The summed E-state index contributed by atoms with van der Waals surface area (Å²) in [4.78, 5) is 22.9. The Labute approximate surface area is 186 Å². The second-order valence-electron chi connectivity index (χ2n) is 7.27. The number of rotatable bonds is 5. The summed E-state index contributed by atoms with van der Waals surface area (Å²) < 4.78 is 0. The predicted molar refractivity (Wildman–Crippen MR) is 126 cm³/mol. The van der Waals surface area contributed by atoms with E-state index < -0.39 is 0 Å². The third-order valence-corrected chi connectivity index (χ3v) is 5.66. The summed E-state index contributed by atoms with van der Waals surface area (Å²) in [7, 11) is 1.87. The molecular formula is C19H35IN8. The lowest BCUT2D eigenvalue weighted by Gasteiger charge is -2.39. The Morgan fingerprint density at radius 3 is 2.29 bits per heavy atom. The Bertz CT molecular complexity index is 583. The first-order valence-corrected chi connectivity index (χ1v) is 10.1. The normalized spacial score (nSPS) is 20.6. The van der Waals surface area contributed by atoms with Gasteiger partial charge in [0.2, 0.25) is 5.95 Å². The van der Waals surface area contributed by atoms with Crippen molar-refractivity contribution in [1.82, 2.24) is 30.0 Å². The largest absolute Gasteiger partial charge is 0.355 e. The van der Waals surface area contributed by atoms with E-state index in [2.05, 4.69) is 53.7 Å². The molecule has 8 nitrogen and oxygen atoms in total. The first-order valence-electron chi connectivity index (χ1n) is 10.1. The van der Waals surface area contributed by atoms with Gasteiger partial charge in [-0.25, -0.2) is 9.97 Å². The zero-order valence-corrected chi connectivity index (χ0v) is 19.7. The van der Waals surface area contributed by atoms with Crippen LogP contribution in [-0.4, -0.2) is 109 Å². The van der Waals surface area contributed by atoms with Crippen LogP contribution in [0.2, 0.25) is 0 Å². The number of hydrogen-bond donors (Lipinski definition) is 1. The molecule has 2 fully saturated rings. The van der Waals surface area contributed by atoms with E-state index in [4.69, 9.17) is 0 Å². The van der Waals surface area contributed by atoms with Crippen LogP contribution >= 0.6 is 24.0 Å². The van der Waals surface area contributed by atoms with E-state index in [-0.39, 0.29) is 24.0 Å². The van der Waals surface area contributed by atoms with Gasteiger partial charge in [0.25, 0.3) is 0 Å². The lowest BCUT2D eigenvalue weighted by atomic mass is 10.2. The van der Waals surface area contributed by atoms with Crippen LogP contribution in [-0.2, 0) is 0 Å². The van der Waals surface area contributed by atoms with Crippen molar-refractivity contribution >= 4 is 35.9 Å². The quantitative estimate of drug-likeness (QED) is 0.364. The van der Waals surface area contributed by atoms with Crippen LogP contribution < -0.4 is 10.2 Å². The number of hydrogen-bond acceptors (Lipinski definition) is 6. The lowest BCUT2D eigenvalue weighted by molar-refractivity contribution is 0.107. The fourth-order valence-electron chi connectivity index (χ4n) is 3.79. The van der Waals surface area contributed by atoms with Gasteiger partial charge in [0, 0.05) is 84.4 Å². The lowest BCUT2D eigenvalue weighted by Crippen LogP contribution is -2.56. The number of piperazine rings is 2. The van der Waals surface area contributed by atoms with Crippen LogP contribution in [0.1, 0.15) is 13.8 Å². The zero-order valence-electron chi connectivity index (χ0n) is 17.4. The number of halogens is 1. The molecule has 1 atom stereocenters. The van der Waals surface area contributed by atoms with Gasteiger partial charge in [-0.2, -0.15) is 0 Å². The molecule has 3 heterocycles. The second kappa shape index (κ2) is 11.7. The van der Waals surface area contributed by atoms with Gasteiger partial charge in [0.1, 0.15) is 0 Å². The molecule has 158 valence electrons. The number of nitrogens with one attached hydrogen (secondary N) is 1. The van der Waals surface area contributed by atoms with Crippen LogP contribution in [0.5, 0.6) is 0 Å². The van der Waals surface area contributed by atoms with Gasteiger partial charge in [0.05, 0.1) is 0 Å². The summed E-state index contributed by atoms with van der Waals surface area (Å²) in [5, 5.41) is 3.59. The predicted octanol–water partition coefficient (Wildman–Crippen LogP) is 0.818. The summed E-state index contributed by atoms with van der Waals surface area (Å²) in [5.74, 6) is 1.82. The highest BCUT2D eigenvalue weighted by atomic mass is 127. The zero-order chi connectivity index (χ0) is 19.1. The minimum atomic E-state index is 0. The Morgan fingerprint density at radius 2 is 1.71 bits per heavy atom. The first kappa shape index (κ1) is 23.1. The molecule has 0 aromatic carbocycles. The summed E-state index contributed by atoms with van der Waals surface area (Å²) in [5.41, 5.74) is 0. The third-order valence-electron chi connectivity index (χ3n) is 5.66. The number of nitrogens with zero attached hydrogens (tertiary/aromatic N) is 7. The smallest absolute Gasteiger partial charge is 0.225 e. The van der Waals surface area contributed by atoms with E-state index in [0.717, 1.165) is 64.3 Å². The molecule has 1 unspecified atom stereocenters. The molecule has 0 amide bonds. The molecule has 0 bridgehead atoms. The van der Waals surface area contributed by atoms with Crippen molar-refractivity contribution in [3.05, 3.63) is 18.5 Å². The average molecular weight is 502 g/mol. The van der Waals surface area contributed by atoms with E-state index in [1.54, 1.807) is 12.4 Å². The molecular weight excluding hydrogens is 467 g/mol. The van der Waals surface area contributed by atoms with Crippen LogP contribution in [0, 0.1) is 0 Å². The van der Waals surface area contributed by atoms with Gasteiger partial charge < -0.3 is 20.0 Å². The summed E-state index contributed by atoms with van der Waals surface area (Å²) in [6.07, 6.45) is 3.60. The highest BCUT2D eigenvalue weighted by Crippen LogP contribution is 2.10. The number of guanidine groups is 1. The Morgan fingerprint density at radius 1 is 1.07 bits per heavy atom. The Hall–Kier alpha value is -1.20. The molecule has 2 saturated heterocycles. The molecule has 2 aliphatic heterocycles. The van der Waals surface area contributed by atoms with Gasteiger partial charge in [0.15, 0.2) is 5.96 Å². The number of likely N-dealkylation sites (N-methyl/N-ethyl adjacent to an activating group) is 1. The van der Waals surface area contributed by atoms with Crippen molar-refractivity contribution in [2.45, 2.75) is 19.9 Å². The number of anilines is 1.